The van der Waals surface area contributed by atoms with Crippen LogP contribution in [0.3, 0.4) is 0 Å². The predicted molar refractivity (Wildman–Crippen MR) is 138 cm³/mol. The van der Waals surface area contributed by atoms with Crippen LogP contribution in [0.25, 0.3) is 0 Å². The van der Waals surface area contributed by atoms with Crippen LogP contribution in [0.4, 0.5) is 13.2 Å². The van der Waals surface area contributed by atoms with E-state index in [9.17, 15) is 22.8 Å². The summed E-state index contributed by atoms with van der Waals surface area (Å²) in [6, 6.07) is 14.2. The second kappa shape index (κ2) is 12.7. The van der Waals surface area contributed by atoms with Crippen molar-refractivity contribution in [1.29, 1.82) is 0 Å². The molecule has 11 heteroatoms. The van der Waals surface area contributed by atoms with Gasteiger partial charge in [0.1, 0.15) is 5.69 Å². The van der Waals surface area contributed by atoms with Crippen molar-refractivity contribution in [3.63, 3.8) is 0 Å². The summed E-state index contributed by atoms with van der Waals surface area (Å²) in [5.74, 6) is -1.11. The Morgan fingerprint density at radius 2 is 1.59 bits per heavy atom. The molecule has 39 heavy (non-hydrogen) atoms. The number of nitrogens with one attached hydrogen (secondary N) is 2. The number of carboxylic acids is 1. The minimum absolute atomic E-state index is 0.0655. The van der Waals surface area contributed by atoms with E-state index in [1.807, 2.05) is 23.1 Å². The maximum atomic E-state index is 12.8. The molecule has 0 bridgehead atoms. The monoisotopic (exact) mass is 548 g/mol. The molecule has 8 nitrogen and oxygen atoms in total. The van der Waals surface area contributed by atoms with Crippen LogP contribution in [0, 0.1) is 17.8 Å². The maximum Gasteiger partial charge on any atom is 0.490 e. The van der Waals surface area contributed by atoms with Gasteiger partial charge in [-0.25, -0.2) is 4.79 Å². The first-order valence-electron chi connectivity index (χ1n) is 13.4. The lowest BCUT2D eigenvalue weighted by atomic mass is 10.0. The van der Waals surface area contributed by atoms with Crippen LogP contribution in [-0.4, -0.2) is 76.6 Å². The van der Waals surface area contributed by atoms with E-state index in [1.54, 1.807) is 6.20 Å². The number of hydrogen-bond acceptors (Lipinski definition) is 4. The molecule has 2 amide bonds. The highest BCUT2D eigenvalue weighted by Gasteiger charge is 2.42. The number of likely N-dealkylation sites (tertiary alicyclic amines) is 2. The summed E-state index contributed by atoms with van der Waals surface area (Å²) in [5.41, 5.74) is 1.88. The topological polar surface area (TPSA) is 106 Å². The molecular weight excluding hydrogens is 513 g/mol. The van der Waals surface area contributed by atoms with Gasteiger partial charge in [-0.2, -0.15) is 13.2 Å². The van der Waals surface area contributed by atoms with Crippen LogP contribution in [0.1, 0.15) is 54.2 Å². The molecule has 0 spiro atoms. The van der Waals surface area contributed by atoms with E-state index in [0.29, 0.717) is 17.5 Å². The number of rotatable bonds is 7. The van der Waals surface area contributed by atoms with Gasteiger partial charge in [-0.15, -0.1) is 0 Å². The predicted octanol–water partition coefficient (Wildman–Crippen LogP) is 4.09. The average Bonchev–Trinajstić information content (AvgIpc) is 3.71. The molecule has 2 aliphatic heterocycles. The summed E-state index contributed by atoms with van der Waals surface area (Å²) in [7, 11) is 0. The molecule has 1 saturated carbocycles. The molecule has 3 aliphatic rings. The fourth-order valence-electron chi connectivity index (χ4n) is 5.87. The molecule has 1 aromatic carbocycles. The van der Waals surface area contributed by atoms with E-state index >= 15 is 0 Å². The maximum absolute atomic E-state index is 12.8. The summed E-state index contributed by atoms with van der Waals surface area (Å²) in [5, 5.41) is 10.5. The summed E-state index contributed by atoms with van der Waals surface area (Å²) in [4.78, 5) is 41.9. The second-order valence-corrected chi connectivity index (χ2v) is 10.6. The van der Waals surface area contributed by atoms with Crippen LogP contribution in [0.15, 0.2) is 48.7 Å². The molecule has 2 saturated heterocycles. The zero-order valence-corrected chi connectivity index (χ0v) is 21.7. The highest BCUT2D eigenvalue weighted by atomic mass is 19.4. The Morgan fingerprint density at radius 1 is 0.974 bits per heavy atom. The Balaban J connectivity index is 0.000000448. The SMILES string of the molecule is O=C(NC(CCN1CC2CN(C(=O)c3ccc[nH]3)C[C@@H]2C1)c1ccccc1)C1CCCC1.O=C(O)C(F)(F)F. The molecule has 1 aromatic heterocycles. The lowest BCUT2D eigenvalue weighted by Gasteiger charge is -2.25. The van der Waals surface area contributed by atoms with E-state index < -0.39 is 12.1 Å². The molecule has 3 heterocycles. The fourth-order valence-corrected chi connectivity index (χ4v) is 5.87. The Hall–Kier alpha value is -3.34. The van der Waals surface area contributed by atoms with Gasteiger partial charge in [0.2, 0.25) is 5.91 Å². The van der Waals surface area contributed by atoms with E-state index in [4.69, 9.17) is 9.90 Å². The van der Waals surface area contributed by atoms with Crippen LogP contribution >= 0.6 is 0 Å². The number of nitrogens with zero attached hydrogens (tertiary/aromatic N) is 2. The Kier molecular flexibility index (Phi) is 9.32. The lowest BCUT2D eigenvalue weighted by Crippen LogP contribution is -2.36. The number of carbonyl (C=O) groups excluding carboxylic acids is 2. The van der Waals surface area contributed by atoms with Gasteiger partial charge in [-0.1, -0.05) is 43.2 Å². The number of carbonyl (C=O) groups is 3. The Morgan fingerprint density at radius 3 is 2.13 bits per heavy atom. The first kappa shape index (κ1) is 28.7. The molecule has 3 N–H and O–H groups in total. The Labute approximate surface area is 225 Å². The third-order valence-electron chi connectivity index (χ3n) is 7.90. The van der Waals surface area contributed by atoms with Gasteiger partial charge in [0.05, 0.1) is 6.04 Å². The lowest BCUT2D eigenvalue weighted by molar-refractivity contribution is -0.192. The zero-order valence-electron chi connectivity index (χ0n) is 21.7. The van der Waals surface area contributed by atoms with Gasteiger partial charge in [-0.3, -0.25) is 9.59 Å². The van der Waals surface area contributed by atoms with Crippen molar-refractivity contribution in [1.82, 2.24) is 20.1 Å². The highest BCUT2D eigenvalue weighted by Crippen LogP contribution is 2.33. The molecule has 212 valence electrons. The molecule has 5 rings (SSSR count). The number of aromatic amines is 1. The largest absolute Gasteiger partial charge is 0.490 e. The highest BCUT2D eigenvalue weighted by molar-refractivity contribution is 5.92. The van der Waals surface area contributed by atoms with Crippen molar-refractivity contribution in [3.8, 4) is 0 Å². The van der Waals surface area contributed by atoms with Crippen molar-refractivity contribution >= 4 is 17.8 Å². The first-order chi connectivity index (χ1) is 18.6. The number of amides is 2. The average molecular weight is 549 g/mol. The van der Waals surface area contributed by atoms with Crippen molar-refractivity contribution < 1.29 is 32.7 Å². The zero-order chi connectivity index (χ0) is 28.0. The van der Waals surface area contributed by atoms with Crippen LogP contribution < -0.4 is 5.32 Å². The van der Waals surface area contributed by atoms with Crippen molar-refractivity contribution in [3.05, 3.63) is 59.9 Å². The van der Waals surface area contributed by atoms with Gasteiger partial charge < -0.3 is 25.2 Å². The van der Waals surface area contributed by atoms with E-state index in [0.717, 1.165) is 52.0 Å². The summed E-state index contributed by atoms with van der Waals surface area (Å²) in [6.07, 6.45) is 2.05. The third-order valence-corrected chi connectivity index (χ3v) is 7.90. The van der Waals surface area contributed by atoms with Gasteiger partial charge in [-0.05, 0) is 48.8 Å². The van der Waals surface area contributed by atoms with Gasteiger partial charge in [0, 0.05) is 44.8 Å². The van der Waals surface area contributed by atoms with Crippen molar-refractivity contribution in [2.45, 2.75) is 44.3 Å². The molecule has 3 fully saturated rings. The minimum Gasteiger partial charge on any atom is -0.475 e. The molecule has 2 unspecified atom stereocenters. The van der Waals surface area contributed by atoms with Gasteiger partial charge in [0.15, 0.2) is 0 Å². The van der Waals surface area contributed by atoms with Gasteiger partial charge in [0.25, 0.3) is 5.91 Å². The Bertz CT molecular complexity index is 1090. The molecular formula is C28H35F3N4O4. The number of aromatic nitrogens is 1. The van der Waals surface area contributed by atoms with E-state index in [2.05, 4.69) is 39.5 Å². The molecule has 0 radical (unpaired) electrons. The van der Waals surface area contributed by atoms with Crippen LogP contribution in [0.2, 0.25) is 0 Å². The van der Waals surface area contributed by atoms with Crippen LogP contribution in [-0.2, 0) is 9.59 Å². The van der Waals surface area contributed by atoms with Gasteiger partial charge >= 0.3 is 12.1 Å². The molecule has 2 aromatic rings. The second-order valence-electron chi connectivity index (χ2n) is 10.6. The summed E-state index contributed by atoms with van der Waals surface area (Å²) in [6.45, 7) is 4.75. The standard InChI is InChI=1S/C26H34N4O2.C2HF3O2/c31-25(20-9-4-5-10-20)28-23(19-7-2-1-3-8-19)12-14-29-15-21-17-30(18-22(21)16-29)26(32)24-11-6-13-27-24;3-2(4,5)1(6)7/h1-3,6-8,11,13,20-23,27H,4-5,9-10,12,14-18H2,(H,28,31);(H,6,7)/t21-,22?,23?;/m0./s1. The number of carboxylic acid groups (broad SMARTS) is 1. The summed E-state index contributed by atoms with van der Waals surface area (Å²) >= 11 is 0. The number of H-pyrrole nitrogens is 1. The smallest absolute Gasteiger partial charge is 0.475 e. The summed E-state index contributed by atoms with van der Waals surface area (Å²) < 4.78 is 31.7. The normalized spacial score (nSPS) is 22.2. The van der Waals surface area contributed by atoms with Crippen LogP contribution in [0.5, 0.6) is 0 Å². The number of halogens is 3. The number of aliphatic carboxylic acids is 1. The number of alkyl halides is 3. The minimum atomic E-state index is -5.08. The number of fused-ring (bicyclic) bond motifs is 1. The fraction of sp³-hybridized carbons (Fsp3) is 0.536. The van der Waals surface area contributed by atoms with E-state index in [1.165, 1.54) is 18.4 Å². The number of hydrogen-bond donors (Lipinski definition) is 3. The van der Waals surface area contributed by atoms with Crippen molar-refractivity contribution in [2.24, 2.45) is 17.8 Å². The molecule has 1 aliphatic carbocycles. The van der Waals surface area contributed by atoms with E-state index in [-0.39, 0.29) is 23.8 Å². The first-order valence-corrected chi connectivity index (χ1v) is 13.4. The quantitative estimate of drug-likeness (QED) is 0.484. The molecule has 3 atom stereocenters. The van der Waals surface area contributed by atoms with Crippen molar-refractivity contribution in [2.75, 3.05) is 32.7 Å². The third kappa shape index (κ3) is 7.62. The number of benzene rings is 1.